The van der Waals surface area contributed by atoms with Crippen molar-refractivity contribution in [2.45, 2.75) is 46.1 Å². The summed E-state index contributed by atoms with van der Waals surface area (Å²) in [5.41, 5.74) is 5.19. The summed E-state index contributed by atoms with van der Waals surface area (Å²) in [4.78, 5) is 0. The van der Waals surface area contributed by atoms with Crippen LogP contribution in [0.25, 0.3) is 0 Å². The molecule has 0 spiro atoms. The van der Waals surface area contributed by atoms with Crippen molar-refractivity contribution in [3.05, 3.63) is 34.4 Å². The van der Waals surface area contributed by atoms with Gasteiger partial charge in [-0.25, -0.2) is 0 Å². The van der Waals surface area contributed by atoms with Crippen molar-refractivity contribution >= 4 is 0 Å². The van der Waals surface area contributed by atoms with E-state index in [-0.39, 0.29) is 24.7 Å². The zero-order valence-electron chi connectivity index (χ0n) is 12.7. The van der Waals surface area contributed by atoms with Gasteiger partial charge in [-0.3, -0.25) is 0 Å². The second-order valence-corrected chi connectivity index (χ2v) is 6.10. The van der Waals surface area contributed by atoms with Crippen LogP contribution in [0.4, 0.5) is 0 Å². The molecule has 0 aliphatic carbocycles. The summed E-state index contributed by atoms with van der Waals surface area (Å²) in [6.07, 6.45) is 0. The van der Waals surface area contributed by atoms with Gasteiger partial charge in [-0.1, -0.05) is 31.5 Å². The molecule has 3 heteroatoms. The van der Waals surface area contributed by atoms with Gasteiger partial charge in [0.2, 0.25) is 0 Å². The van der Waals surface area contributed by atoms with E-state index in [2.05, 4.69) is 52.1 Å². The Morgan fingerprint density at radius 1 is 1.05 bits per heavy atom. The third kappa shape index (κ3) is 4.03. The van der Waals surface area contributed by atoms with Crippen molar-refractivity contribution in [3.8, 4) is 0 Å². The van der Waals surface area contributed by atoms with Gasteiger partial charge < -0.3 is 15.5 Å². The third-order valence-corrected chi connectivity index (χ3v) is 3.63. The lowest BCUT2D eigenvalue weighted by Gasteiger charge is -2.31. The van der Waals surface area contributed by atoms with E-state index in [0.717, 1.165) is 6.54 Å². The number of aryl methyl sites for hydroxylation is 3. The van der Waals surface area contributed by atoms with E-state index in [1.165, 1.54) is 22.3 Å². The van der Waals surface area contributed by atoms with Crippen LogP contribution in [0.15, 0.2) is 12.1 Å². The lowest BCUT2D eigenvalue weighted by Crippen LogP contribution is -2.43. The Morgan fingerprint density at radius 2 is 1.53 bits per heavy atom. The molecule has 3 nitrogen and oxygen atoms in total. The van der Waals surface area contributed by atoms with Gasteiger partial charge in [-0.05, 0) is 37.5 Å². The van der Waals surface area contributed by atoms with Crippen molar-refractivity contribution in [3.63, 3.8) is 0 Å². The normalized spacial score (nSPS) is 12.2. The summed E-state index contributed by atoms with van der Waals surface area (Å²) >= 11 is 0. The predicted octanol–water partition coefficient (Wildman–Crippen LogP) is 1.83. The molecule has 0 saturated heterocycles. The summed E-state index contributed by atoms with van der Waals surface area (Å²) in [7, 11) is 0. The molecule has 19 heavy (non-hydrogen) atoms. The van der Waals surface area contributed by atoms with Gasteiger partial charge >= 0.3 is 0 Å². The molecule has 0 saturated carbocycles. The van der Waals surface area contributed by atoms with Crippen LogP contribution >= 0.6 is 0 Å². The molecule has 3 N–H and O–H groups in total. The van der Waals surface area contributed by atoms with Crippen LogP contribution in [-0.4, -0.2) is 36.0 Å². The minimum absolute atomic E-state index is 0.0372. The molecule has 1 aromatic carbocycles. The smallest absolute Gasteiger partial charge is 0.0607 e. The van der Waals surface area contributed by atoms with Crippen molar-refractivity contribution in [2.75, 3.05) is 19.8 Å². The topological polar surface area (TPSA) is 52.5 Å². The molecule has 0 aliphatic heterocycles. The third-order valence-electron chi connectivity index (χ3n) is 3.63. The molecule has 0 radical (unpaired) electrons. The second-order valence-electron chi connectivity index (χ2n) is 6.10. The van der Waals surface area contributed by atoms with Crippen molar-refractivity contribution in [1.82, 2.24) is 5.32 Å². The standard InChI is InChI=1S/C16H27NO2/c1-11-6-12(2)15(13(3)7-11)16(4,5)10-17-14(8-18)9-19/h6-7,14,17-19H,8-10H2,1-5H3. The molecule has 0 aliphatic rings. The van der Waals surface area contributed by atoms with Crippen LogP contribution in [0.5, 0.6) is 0 Å². The number of benzene rings is 1. The monoisotopic (exact) mass is 265 g/mol. The number of hydrogen-bond acceptors (Lipinski definition) is 3. The van der Waals surface area contributed by atoms with Crippen molar-refractivity contribution in [1.29, 1.82) is 0 Å². The summed E-state index contributed by atoms with van der Waals surface area (Å²) in [6.45, 7) is 11.4. The molecule has 0 bridgehead atoms. The van der Waals surface area contributed by atoms with Gasteiger partial charge in [0, 0.05) is 12.0 Å². The molecule has 0 fully saturated rings. The van der Waals surface area contributed by atoms with E-state index in [1.807, 2.05) is 0 Å². The highest BCUT2D eigenvalue weighted by Crippen LogP contribution is 2.29. The van der Waals surface area contributed by atoms with Crippen LogP contribution in [0.2, 0.25) is 0 Å². The number of rotatable bonds is 6. The van der Waals surface area contributed by atoms with Crippen LogP contribution in [0.3, 0.4) is 0 Å². The van der Waals surface area contributed by atoms with Crippen molar-refractivity contribution < 1.29 is 10.2 Å². The Hall–Kier alpha value is -0.900. The van der Waals surface area contributed by atoms with Gasteiger partial charge in [0.1, 0.15) is 0 Å². The average Bonchev–Trinajstić information content (AvgIpc) is 2.28. The molecule has 108 valence electrons. The summed E-state index contributed by atoms with van der Waals surface area (Å²) in [5, 5.41) is 21.5. The van der Waals surface area contributed by atoms with Gasteiger partial charge in [0.15, 0.2) is 0 Å². The van der Waals surface area contributed by atoms with Gasteiger partial charge in [-0.2, -0.15) is 0 Å². The maximum absolute atomic E-state index is 9.12. The maximum Gasteiger partial charge on any atom is 0.0607 e. The lowest BCUT2D eigenvalue weighted by atomic mass is 9.78. The first-order valence-electron chi connectivity index (χ1n) is 6.85. The summed E-state index contributed by atoms with van der Waals surface area (Å²) < 4.78 is 0. The van der Waals surface area contributed by atoms with Crippen LogP contribution in [0.1, 0.15) is 36.1 Å². The summed E-state index contributed by atoms with van der Waals surface area (Å²) in [5.74, 6) is 0. The second kappa shape index (κ2) is 6.51. The Bertz CT molecular complexity index is 400. The molecular formula is C16H27NO2. The first-order chi connectivity index (χ1) is 8.81. The highest BCUT2D eigenvalue weighted by molar-refractivity contribution is 5.42. The van der Waals surface area contributed by atoms with E-state index in [9.17, 15) is 0 Å². The number of aliphatic hydroxyl groups is 2. The zero-order valence-corrected chi connectivity index (χ0v) is 12.7. The van der Waals surface area contributed by atoms with E-state index >= 15 is 0 Å². The zero-order chi connectivity index (χ0) is 14.6. The van der Waals surface area contributed by atoms with E-state index in [4.69, 9.17) is 10.2 Å². The predicted molar refractivity (Wildman–Crippen MR) is 79.6 cm³/mol. The Kier molecular flexibility index (Phi) is 5.53. The van der Waals surface area contributed by atoms with Crippen LogP contribution in [0, 0.1) is 20.8 Å². The lowest BCUT2D eigenvalue weighted by molar-refractivity contribution is 0.166. The first kappa shape index (κ1) is 16.2. The van der Waals surface area contributed by atoms with Crippen molar-refractivity contribution in [2.24, 2.45) is 0 Å². The fourth-order valence-corrected chi connectivity index (χ4v) is 2.92. The van der Waals surface area contributed by atoms with E-state index < -0.39 is 0 Å². The van der Waals surface area contributed by atoms with Gasteiger partial charge in [-0.15, -0.1) is 0 Å². The minimum Gasteiger partial charge on any atom is -0.395 e. The molecule has 1 rings (SSSR count). The molecule has 0 aromatic heterocycles. The quantitative estimate of drug-likeness (QED) is 0.735. The van der Waals surface area contributed by atoms with E-state index in [1.54, 1.807) is 0 Å². The van der Waals surface area contributed by atoms with Gasteiger partial charge in [0.25, 0.3) is 0 Å². The van der Waals surface area contributed by atoms with Crippen LogP contribution in [-0.2, 0) is 5.41 Å². The van der Waals surface area contributed by atoms with Crippen LogP contribution < -0.4 is 5.32 Å². The highest BCUT2D eigenvalue weighted by atomic mass is 16.3. The number of hydrogen-bond donors (Lipinski definition) is 3. The molecule has 0 unspecified atom stereocenters. The number of nitrogens with one attached hydrogen (secondary N) is 1. The Morgan fingerprint density at radius 3 is 1.95 bits per heavy atom. The molecule has 1 aromatic rings. The molecule has 0 atom stereocenters. The average molecular weight is 265 g/mol. The fraction of sp³-hybridized carbons (Fsp3) is 0.625. The highest BCUT2D eigenvalue weighted by Gasteiger charge is 2.25. The minimum atomic E-state index is -0.245. The maximum atomic E-state index is 9.12. The Labute approximate surface area is 116 Å². The van der Waals surface area contributed by atoms with Gasteiger partial charge in [0.05, 0.1) is 19.3 Å². The number of aliphatic hydroxyl groups excluding tert-OH is 2. The SMILES string of the molecule is Cc1cc(C)c(C(C)(C)CNC(CO)CO)c(C)c1. The fourth-order valence-electron chi connectivity index (χ4n) is 2.92. The largest absolute Gasteiger partial charge is 0.395 e. The molecule has 0 amide bonds. The van der Waals surface area contributed by atoms with E-state index in [0.29, 0.717) is 0 Å². The Balaban J connectivity index is 2.94. The summed E-state index contributed by atoms with van der Waals surface area (Å²) in [6, 6.07) is 4.17. The first-order valence-corrected chi connectivity index (χ1v) is 6.85. The molecule has 0 heterocycles. The molecular weight excluding hydrogens is 238 g/mol.